The van der Waals surface area contributed by atoms with E-state index in [0.717, 1.165) is 41.0 Å². The van der Waals surface area contributed by atoms with Crippen LogP contribution in [0.4, 0.5) is 10.8 Å². The smallest absolute Gasteiger partial charge is 0.269 e. The molecule has 7 nitrogen and oxygen atoms in total. The molecule has 32 heavy (non-hydrogen) atoms. The number of fused-ring (bicyclic) bond motifs is 1. The van der Waals surface area contributed by atoms with Crippen LogP contribution in [0.2, 0.25) is 0 Å². The van der Waals surface area contributed by atoms with Gasteiger partial charge in [-0.2, -0.15) is 0 Å². The second-order valence-corrected chi connectivity index (χ2v) is 8.13. The van der Waals surface area contributed by atoms with E-state index in [1.165, 1.54) is 29.5 Å². The van der Waals surface area contributed by atoms with Crippen molar-refractivity contribution in [2.24, 2.45) is 0 Å². The highest BCUT2D eigenvalue weighted by Gasteiger charge is 2.19. The molecule has 0 saturated carbocycles. The Morgan fingerprint density at radius 2 is 1.81 bits per heavy atom. The van der Waals surface area contributed by atoms with Crippen LogP contribution in [0.1, 0.15) is 25.0 Å². The van der Waals surface area contributed by atoms with E-state index in [0.29, 0.717) is 11.7 Å². The minimum absolute atomic E-state index is 0. The van der Waals surface area contributed by atoms with E-state index in [2.05, 4.69) is 18.7 Å². The Kier molecular flexibility index (Phi) is 9.31. The summed E-state index contributed by atoms with van der Waals surface area (Å²) in [6.45, 7) is 9.33. The van der Waals surface area contributed by atoms with E-state index in [1.54, 1.807) is 23.1 Å². The molecule has 1 amide bonds. The van der Waals surface area contributed by atoms with Crippen LogP contribution in [-0.2, 0) is 4.79 Å². The van der Waals surface area contributed by atoms with Gasteiger partial charge in [-0.1, -0.05) is 37.3 Å². The summed E-state index contributed by atoms with van der Waals surface area (Å²) >= 11 is 1.51. The summed E-state index contributed by atoms with van der Waals surface area (Å²) in [5, 5.41) is 11.5. The summed E-state index contributed by atoms with van der Waals surface area (Å²) in [6.07, 6.45) is 3.18. The molecule has 0 aliphatic carbocycles. The van der Waals surface area contributed by atoms with Crippen molar-refractivity contribution in [1.29, 1.82) is 0 Å². The number of nitro benzene ring substituents is 1. The van der Waals surface area contributed by atoms with Crippen LogP contribution < -0.4 is 4.90 Å². The van der Waals surface area contributed by atoms with Gasteiger partial charge in [0.25, 0.3) is 11.6 Å². The van der Waals surface area contributed by atoms with Crippen LogP contribution in [0.25, 0.3) is 16.3 Å². The van der Waals surface area contributed by atoms with Gasteiger partial charge in [0.2, 0.25) is 0 Å². The second kappa shape index (κ2) is 11.7. The lowest BCUT2D eigenvalue weighted by molar-refractivity contribution is -0.384. The first-order valence-corrected chi connectivity index (χ1v) is 11.1. The number of para-hydroxylation sites is 1. The van der Waals surface area contributed by atoms with Crippen molar-refractivity contribution < 1.29 is 9.72 Å². The van der Waals surface area contributed by atoms with Crippen molar-refractivity contribution in [3.8, 4) is 0 Å². The first-order chi connectivity index (χ1) is 14.9. The molecule has 1 heterocycles. The van der Waals surface area contributed by atoms with E-state index < -0.39 is 4.92 Å². The number of hydrogen-bond acceptors (Lipinski definition) is 6. The normalized spacial score (nSPS) is 11.1. The number of carbonyl (C=O) groups is 1. The Morgan fingerprint density at radius 3 is 2.41 bits per heavy atom. The zero-order chi connectivity index (χ0) is 22.4. The Balaban J connectivity index is 0.00000363. The molecule has 0 radical (unpaired) electrons. The van der Waals surface area contributed by atoms with Gasteiger partial charge < -0.3 is 4.90 Å². The van der Waals surface area contributed by atoms with Gasteiger partial charge in [0, 0.05) is 31.3 Å². The topological polar surface area (TPSA) is 79.6 Å². The number of benzene rings is 2. The van der Waals surface area contributed by atoms with E-state index in [9.17, 15) is 14.9 Å². The lowest BCUT2D eigenvalue weighted by Crippen LogP contribution is -2.38. The van der Waals surface area contributed by atoms with Crippen LogP contribution >= 0.6 is 23.7 Å². The average molecular weight is 475 g/mol. The fourth-order valence-corrected chi connectivity index (χ4v) is 4.31. The van der Waals surface area contributed by atoms with Crippen molar-refractivity contribution in [2.75, 3.05) is 31.1 Å². The molecule has 0 unspecified atom stereocenters. The Bertz CT molecular complexity index is 1090. The number of nitro groups is 1. The maximum Gasteiger partial charge on any atom is 0.269 e. The Labute approximate surface area is 197 Å². The highest BCUT2D eigenvalue weighted by atomic mass is 35.5. The van der Waals surface area contributed by atoms with Crippen molar-refractivity contribution in [3.63, 3.8) is 0 Å². The van der Waals surface area contributed by atoms with E-state index in [4.69, 9.17) is 4.98 Å². The molecule has 3 rings (SSSR count). The first kappa shape index (κ1) is 25.5. The van der Waals surface area contributed by atoms with Gasteiger partial charge in [-0.05, 0) is 55.4 Å². The molecule has 1 aromatic heterocycles. The van der Waals surface area contributed by atoms with Crippen molar-refractivity contribution >= 4 is 56.8 Å². The van der Waals surface area contributed by atoms with Crippen molar-refractivity contribution in [1.82, 2.24) is 9.88 Å². The summed E-state index contributed by atoms with van der Waals surface area (Å²) < 4.78 is 1.05. The van der Waals surface area contributed by atoms with E-state index in [-0.39, 0.29) is 24.0 Å². The van der Waals surface area contributed by atoms with Crippen molar-refractivity contribution in [2.45, 2.75) is 20.8 Å². The summed E-state index contributed by atoms with van der Waals surface area (Å²) in [7, 11) is 0. The number of hydrogen-bond donors (Lipinski definition) is 0. The summed E-state index contributed by atoms with van der Waals surface area (Å²) in [4.78, 5) is 32.2. The highest BCUT2D eigenvalue weighted by molar-refractivity contribution is 7.22. The predicted molar refractivity (Wildman–Crippen MR) is 134 cm³/mol. The molecule has 9 heteroatoms. The number of aryl methyl sites for hydroxylation is 1. The zero-order valence-electron chi connectivity index (χ0n) is 18.4. The van der Waals surface area contributed by atoms with E-state index >= 15 is 0 Å². The van der Waals surface area contributed by atoms with Crippen LogP contribution in [-0.4, -0.2) is 46.9 Å². The fourth-order valence-electron chi connectivity index (χ4n) is 3.24. The molecule has 170 valence electrons. The monoisotopic (exact) mass is 474 g/mol. The van der Waals surface area contributed by atoms with Crippen molar-refractivity contribution in [3.05, 3.63) is 69.8 Å². The van der Waals surface area contributed by atoms with Crippen LogP contribution in [0.3, 0.4) is 0 Å². The van der Waals surface area contributed by atoms with Crippen LogP contribution in [0.15, 0.2) is 48.5 Å². The van der Waals surface area contributed by atoms with Gasteiger partial charge in [0.1, 0.15) is 0 Å². The predicted octanol–water partition coefficient (Wildman–Crippen LogP) is 5.32. The fraction of sp³-hybridized carbons (Fsp3) is 0.304. The molecule has 0 saturated heterocycles. The lowest BCUT2D eigenvalue weighted by Gasteiger charge is -2.23. The number of non-ortho nitro benzene ring substituents is 1. The van der Waals surface area contributed by atoms with Crippen LogP contribution in [0, 0.1) is 17.0 Å². The van der Waals surface area contributed by atoms with Gasteiger partial charge in [-0.15, -0.1) is 12.4 Å². The van der Waals surface area contributed by atoms with E-state index in [1.807, 2.05) is 25.1 Å². The molecular formula is C23H27ClN4O3S. The van der Waals surface area contributed by atoms with Gasteiger partial charge >= 0.3 is 0 Å². The number of rotatable bonds is 9. The SMILES string of the molecule is CCN(CC)CCN(C(=O)C=Cc1ccc([N+](=O)[O-])cc1)c1nc2c(C)cccc2s1.Cl. The van der Waals surface area contributed by atoms with Gasteiger partial charge in [0.15, 0.2) is 5.13 Å². The van der Waals surface area contributed by atoms with Gasteiger partial charge in [0.05, 0.1) is 15.1 Å². The quantitative estimate of drug-likeness (QED) is 0.238. The number of aromatic nitrogens is 1. The molecule has 0 bridgehead atoms. The maximum atomic E-state index is 13.1. The molecule has 0 aliphatic heterocycles. The number of thiazole rings is 1. The number of likely N-dealkylation sites (N-methyl/N-ethyl adjacent to an activating group) is 1. The molecular weight excluding hydrogens is 448 g/mol. The standard InChI is InChI=1S/C23H26N4O3S.ClH/c1-4-25(5-2)15-16-26(23-24-22-17(3)7-6-8-20(22)31-23)21(28)14-11-18-9-12-19(13-10-18)27(29)30;/h6-14H,4-5,15-16H2,1-3H3;1H. The Hall–Kier alpha value is -2.81. The van der Waals surface area contributed by atoms with Gasteiger partial charge in [-0.3, -0.25) is 19.8 Å². The number of halogens is 1. The summed E-state index contributed by atoms with van der Waals surface area (Å²) in [5.41, 5.74) is 2.75. The number of anilines is 1. The first-order valence-electron chi connectivity index (χ1n) is 10.3. The Morgan fingerprint density at radius 1 is 1.12 bits per heavy atom. The second-order valence-electron chi connectivity index (χ2n) is 7.12. The molecule has 0 N–H and O–H groups in total. The molecule has 0 aliphatic rings. The number of amides is 1. The molecule has 0 fully saturated rings. The summed E-state index contributed by atoms with van der Waals surface area (Å²) in [6, 6.07) is 12.1. The molecule has 3 aromatic rings. The minimum Gasteiger partial charge on any atom is -0.302 e. The van der Waals surface area contributed by atoms with Gasteiger partial charge in [-0.25, -0.2) is 4.98 Å². The summed E-state index contributed by atoms with van der Waals surface area (Å²) in [5.74, 6) is -0.165. The third-order valence-electron chi connectivity index (χ3n) is 5.16. The van der Waals surface area contributed by atoms with Crippen LogP contribution in [0.5, 0.6) is 0 Å². The largest absolute Gasteiger partial charge is 0.302 e. The maximum absolute atomic E-state index is 13.1. The molecule has 0 atom stereocenters. The third-order valence-corrected chi connectivity index (χ3v) is 6.21. The minimum atomic E-state index is -0.442. The lowest BCUT2D eigenvalue weighted by atomic mass is 10.2. The molecule has 0 spiro atoms. The number of carbonyl (C=O) groups excluding carboxylic acids is 1. The highest BCUT2D eigenvalue weighted by Crippen LogP contribution is 2.30. The number of nitrogens with zero attached hydrogens (tertiary/aromatic N) is 4. The third kappa shape index (κ3) is 6.12. The zero-order valence-corrected chi connectivity index (χ0v) is 20.0. The average Bonchev–Trinajstić information content (AvgIpc) is 3.21. The molecule has 2 aromatic carbocycles.